The minimum absolute atomic E-state index is 0.169. The minimum Gasteiger partial charge on any atom is -0.356 e. The fourth-order valence-corrected chi connectivity index (χ4v) is 1.84. The van der Waals surface area contributed by atoms with Crippen molar-refractivity contribution >= 4 is 10.9 Å². The van der Waals surface area contributed by atoms with Crippen molar-refractivity contribution < 1.29 is 4.39 Å². The van der Waals surface area contributed by atoms with E-state index in [1.165, 1.54) is 11.6 Å². The van der Waals surface area contributed by atoms with Gasteiger partial charge in [0.05, 0.1) is 5.52 Å². The van der Waals surface area contributed by atoms with Crippen molar-refractivity contribution in [1.29, 1.82) is 0 Å². The van der Waals surface area contributed by atoms with Crippen molar-refractivity contribution in [2.75, 3.05) is 0 Å². The molecule has 2 rings (SSSR count). The fourth-order valence-electron chi connectivity index (χ4n) is 1.84. The molecule has 16 heavy (non-hydrogen) atoms. The van der Waals surface area contributed by atoms with Gasteiger partial charge in [0.2, 0.25) is 0 Å². The van der Waals surface area contributed by atoms with Crippen molar-refractivity contribution in [2.45, 2.75) is 40.5 Å². The molecule has 1 aromatic carbocycles. The van der Waals surface area contributed by atoms with Crippen LogP contribution in [0, 0.1) is 12.7 Å². The number of hydrogen-bond donors (Lipinski definition) is 1. The zero-order chi connectivity index (χ0) is 12.3. The van der Waals surface area contributed by atoms with Crippen LogP contribution in [0.4, 0.5) is 4.39 Å². The Labute approximate surface area is 96.7 Å². The summed E-state index contributed by atoms with van der Waals surface area (Å²) >= 11 is 0. The number of H-pyrrole nitrogens is 1. The molecule has 0 radical (unpaired) electrons. The average molecular weight is 221 g/mol. The second-order valence-electron chi connectivity index (χ2n) is 4.03. The molecule has 0 spiro atoms. The number of aromatic nitrogens is 1. The number of hydrogen-bond acceptors (Lipinski definition) is 0. The number of benzene rings is 1. The van der Waals surface area contributed by atoms with Crippen LogP contribution in [0.5, 0.6) is 0 Å². The number of aryl methyl sites for hydroxylation is 1. The van der Waals surface area contributed by atoms with E-state index in [4.69, 9.17) is 0 Å². The Morgan fingerprint density at radius 3 is 2.38 bits per heavy atom. The first-order valence-electron chi connectivity index (χ1n) is 5.87. The van der Waals surface area contributed by atoms with Crippen LogP contribution in [-0.4, -0.2) is 4.98 Å². The quantitative estimate of drug-likeness (QED) is 0.714. The van der Waals surface area contributed by atoms with Crippen LogP contribution in [0.3, 0.4) is 0 Å². The standard InChI is InChI=1S/C12H14FN.C2H6/c1-7(2)9-4-5-11(13)12-10(9)6-8(3)14-12;1-2/h4-7,14H,1-3H3;1-2H3. The third kappa shape index (κ3) is 2.26. The maximum absolute atomic E-state index is 13.4. The molecule has 0 bridgehead atoms. The number of halogens is 1. The molecule has 0 saturated carbocycles. The van der Waals surface area contributed by atoms with Gasteiger partial charge in [-0.05, 0) is 30.5 Å². The monoisotopic (exact) mass is 221 g/mol. The van der Waals surface area contributed by atoms with Crippen LogP contribution >= 0.6 is 0 Å². The lowest BCUT2D eigenvalue weighted by Gasteiger charge is -2.06. The smallest absolute Gasteiger partial charge is 0.147 e. The molecule has 0 amide bonds. The zero-order valence-corrected chi connectivity index (χ0v) is 10.7. The molecule has 0 saturated heterocycles. The Hall–Kier alpha value is -1.31. The SMILES string of the molecule is CC.Cc1cc2c(C(C)C)ccc(F)c2[nH]1. The highest BCUT2D eigenvalue weighted by molar-refractivity contribution is 5.84. The molecule has 0 aliphatic heterocycles. The molecule has 1 nitrogen and oxygen atoms in total. The van der Waals surface area contributed by atoms with E-state index < -0.39 is 0 Å². The van der Waals surface area contributed by atoms with Gasteiger partial charge in [0, 0.05) is 11.1 Å². The van der Waals surface area contributed by atoms with Gasteiger partial charge in [0.25, 0.3) is 0 Å². The summed E-state index contributed by atoms with van der Waals surface area (Å²) in [6, 6.07) is 5.41. The molecule has 0 atom stereocenters. The maximum atomic E-state index is 13.4. The maximum Gasteiger partial charge on any atom is 0.147 e. The Morgan fingerprint density at radius 2 is 1.81 bits per heavy atom. The van der Waals surface area contributed by atoms with Crippen LogP contribution in [0.25, 0.3) is 10.9 Å². The topological polar surface area (TPSA) is 15.8 Å². The van der Waals surface area contributed by atoms with Crippen molar-refractivity contribution in [3.05, 3.63) is 35.3 Å². The molecule has 0 unspecified atom stereocenters. The van der Waals surface area contributed by atoms with Gasteiger partial charge in [0.15, 0.2) is 0 Å². The Bertz CT molecular complexity index is 469. The summed E-state index contributed by atoms with van der Waals surface area (Å²) in [5.41, 5.74) is 2.84. The molecule has 0 aliphatic rings. The molecule has 1 heterocycles. The van der Waals surface area contributed by atoms with E-state index in [9.17, 15) is 4.39 Å². The van der Waals surface area contributed by atoms with Crippen molar-refractivity contribution in [2.24, 2.45) is 0 Å². The van der Waals surface area contributed by atoms with Gasteiger partial charge in [-0.2, -0.15) is 0 Å². The van der Waals surface area contributed by atoms with E-state index in [1.54, 1.807) is 0 Å². The van der Waals surface area contributed by atoms with E-state index in [0.29, 0.717) is 11.4 Å². The number of rotatable bonds is 1. The van der Waals surface area contributed by atoms with E-state index >= 15 is 0 Å². The largest absolute Gasteiger partial charge is 0.356 e. The highest BCUT2D eigenvalue weighted by Crippen LogP contribution is 2.27. The predicted octanol–water partition coefficient (Wildman–Crippen LogP) is 4.77. The van der Waals surface area contributed by atoms with Gasteiger partial charge in [-0.3, -0.25) is 0 Å². The minimum atomic E-state index is -0.169. The van der Waals surface area contributed by atoms with E-state index in [-0.39, 0.29) is 5.82 Å². The first kappa shape index (κ1) is 12.8. The third-order valence-electron chi connectivity index (χ3n) is 2.53. The number of fused-ring (bicyclic) bond motifs is 1. The molecular weight excluding hydrogens is 201 g/mol. The second-order valence-corrected chi connectivity index (χ2v) is 4.03. The van der Waals surface area contributed by atoms with Crippen LogP contribution in [-0.2, 0) is 0 Å². The van der Waals surface area contributed by atoms with Crippen molar-refractivity contribution in [1.82, 2.24) is 4.98 Å². The molecule has 2 aromatic rings. The molecule has 0 aliphatic carbocycles. The summed E-state index contributed by atoms with van der Waals surface area (Å²) in [5.74, 6) is 0.255. The van der Waals surface area contributed by atoms with E-state index in [1.807, 2.05) is 32.9 Å². The van der Waals surface area contributed by atoms with Crippen molar-refractivity contribution in [3.63, 3.8) is 0 Å². The Balaban J connectivity index is 0.000000606. The lowest BCUT2D eigenvalue weighted by Crippen LogP contribution is -1.89. The van der Waals surface area contributed by atoms with Crippen LogP contribution < -0.4 is 0 Å². The van der Waals surface area contributed by atoms with Crippen LogP contribution in [0.1, 0.15) is 44.9 Å². The van der Waals surface area contributed by atoms with E-state index in [2.05, 4.69) is 18.8 Å². The summed E-state index contributed by atoms with van der Waals surface area (Å²) in [6.07, 6.45) is 0. The number of aromatic amines is 1. The molecule has 1 aromatic heterocycles. The predicted molar refractivity (Wildman–Crippen MR) is 68.4 cm³/mol. The lowest BCUT2D eigenvalue weighted by atomic mass is 9.99. The Kier molecular flexibility index (Phi) is 4.11. The van der Waals surface area contributed by atoms with Crippen molar-refractivity contribution in [3.8, 4) is 0 Å². The van der Waals surface area contributed by atoms with Gasteiger partial charge in [-0.1, -0.05) is 33.8 Å². The first-order valence-corrected chi connectivity index (χ1v) is 5.87. The normalized spacial score (nSPS) is 10.4. The summed E-state index contributed by atoms with van der Waals surface area (Å²) in [6.45, 7) is 10.2. The molecule has 0 fully saturated rings. The van der Waals surface area contributed by atoms with Crippen LogP contribution in [0.15, 0.2) is 18.2 Å². The van der Waals surface area contributed by atoms with E-state index in [0.717, 1.165) is 11.1 Å². The highest BCUT2D eigenvalue weighted by atomic mass is 19.1. The molecule has 88 valence electrons. The van der Waals surface area contributed by atoms with Gasteiger partial charge >= 0.3 is 0 Å². The average Bonchev–Trinajstić information content (AvgIpc) is 2.63. The lowest BCUT2D eigenvalue weighted by molar-refractivity contribution is 0.636. The summed E-state index contributed by atoms with van der Waals surface area (Å²) < 4.78 is 13.4. The first-order chi connectivity index (χ1) is 7.59. The molecule has 1 N–H and O–H groups in total. The van der Waals surface area contributed by atoms with Gasteiger partial charge in [-0.15, -0.1) is 0 Å². The molecular formula is C14H20FN. The van der Waals surface area contributed by atoms with Gasteiger partial charge in [0.1, 0.15) is 5.82 Å². The Morgan fingerprint density at radius 1 is 1.19 bits per heavy atom. The van der Waals surface area contributed by atoms with Gasteiger partial charge < -0.3 is 4.98 Å². The summed E-state index contributed by atoms with van der Waals surface area (Å²) in [5, 5.41) is 1.01. The second kappa shape index (κ2) is 5.15. The summed E-state index contributed by atoms with van der Waals surface area (Å²) in [7, 11) is 0. The zero-order valence-electron chi connectivity index (χ0n) is 10.7. The fraction of sp³-hybridized carbons (Fsp3) is 0.429. The summed E-state index contributed by atoms with van der Waals surface area (Å²) in [4.78, 5) is 3.05. The molecule has 2 heteroatoms. The van der Waals surface area contributed by atoms with Crippen LogP contribution in [0.2, 0.25) is 0 Å². The third-order valence-corrected chi connectivity index (χ3v) is 2.53. The highest BCUT2D eigenvalue weighted by Gasteiger charge is 2.10. The van der Waals surface area contributed by atoms with Gasteiger partial charge in [-0.25, -0.2) is 4.39 Å². The number of nitrogens with one attached hydrogen (secondary N) is 1.